The summed E-state index contributed by atoms with van der Waals surface area (Å²) in [5.41, 5.74) is 5.17. The zero-order chi connectivity index (χ0) is 23.4. The molecule has 8 nitrogen and oxygen atoms in total. The van der Waals surface area contributed by atoms with Crippen molar-refractivity contribution >= 4 is 17.3 Å². The minimum Gasteiger partial charge on any atom is -0.395 e. The molecule has 0 unspecified atom stereocenters. The van der Waals surface area contributed by atoms with Gasteiger partial charge >= 0.3 is 0 Å². The van der Waals surface area contributed by atoms with E-state index in [1.807, 2.05) is 13.0 Å². The van der Waals surface area contributed by atoms with Crippen LogP contribution in [0.1, 0.15) is 49.1 Å². The molecule has 3 heterocycles. The molecule has 0 amide bonds. The second-order valence-corrected chi connectivity index (χ2v) is 8.45. The molecule has 0 spiro atoms. The molecule has 0 radical (unpaired) electrons. The van der Waals surface area contributed by atoms with Crippen LogP contribution in [0.5, 0.6) is 0 Å². The highest BCUT2D eigenvalue weighted by Gasteiger charge is 2.35. The second-order valence-electron chi connectivity index (χ2n) is 8.45. The van der Waals surface area contributed by atoms with E-state index < -0.39 is 5.41 Å². The molecule has 166 valence electrons. The maximum Gasteiger partial charge on any atom is 0.227 e. The van der Waals surface area contributed by atoms with Crippen LogP contribution >= 0.6 is 0 Å². The molecule has 3 N–H and O–H groups in total. The number of nitrogens with one attached hydrogen (secondary N) is 2. The molecule has 0 saturated carbocycles. The van der Waals surface area contributed by atoms with Crippen molar-refractivity contribution in [1.82, 2.24) is 15.0 Å². The van der Waals surface area contributed by atoms with E-state index in [0.29, 0.717) is 35.0 Å². The summed E-state index contributed by atoms with van der Waals surface area (Å²) < 4.78 is 0. The lowest BCUT2D eigenvalue weighted by atomic mass is 9.83. The Hall–Kier alpha value is -4.01. The topological polar surface area (TPSA) is 131 Å². The first kappa shape index (κ1) is 22.2. The van der Waals surface area contributed by atoms with Crippen molar-refractivity contribution in [3.05, 3.63) is 59.0 Å². The quantitative estimate of drug-likeness (QED) is 0.503. The van der Waals surface area contributed by atoms with Crippen molar-refractivity contribution in [1.29, 1.82) is 10.5 Å². The lowest BCUT2D eigenvalue weighted by Gasteiger charge is -2.21. The fourth-order valence-corrected chi connectivity index (χ4v) is 3.97. The SMILES string of the molecule is CCCCc1ncc(C#N)cc1Nc1nccc(-c2cc(C#N)c3c(c2)[C@@](C)(CO)CN3)n1. The van der Waals surface area contributed by atoms with E-state index in [4.69, 9.17) is 0 Å². The molecule has 0 bridgehead atoms. The van der Waals surface area contributed by atoms with Gasteiger partial charge in [0.1, 0.15) is 12.1 Å². The Morgan fingerprint density at radius 2 is 2.06 bits per heavy atom. The molecular formula is C25H25N7O. The minimum atomic E-state index is -0.470. The van der Waals surface area contributed by atoms with Crippen molar-refractivity contribution in [2.75, 3.05) is 23.8 Å². The summed E-state index contributed by atoms with van der Waals surface area (Å²) in [6.07, 6.45) is 6.04. The number of unbranched alkanes of at least 4 members (excludes halogenated alkanes) is 1. The summed E-state index contributed by atoms with van der Waals surface area (Å²) in [7, 11) is 0. The number of benzene rings is 1. The molecule has 0 aliphatic carbocycles. The zero-order valence-corrected chi connectivity index (χ0v) is 18.7. The van der Waals surface area contributed by atoms with Crippen molar-refractivity contribution < 1.29 is 5.11 Å². The van der Waals surface area contributed by atoms with Crippen LogP contribution < -0.4 is 10.6 Å². The largest absolute Gasteiger partial charge is 0.395 e. The lowest BCUT2D eigenvalue weighted by molar-refractivity contribution is 0.219. The van der Waals surface area contributed by atoms with E-state index >= 15 is 0 Å². The average Bonchev–Trinajstić information content (AvgIpc) is 3.20. The molecule has 2 aromatic heterocycles. The summed E-state index contributed by atoms with van der Waals surface area (Å²) in [4.78, 5) is 13.5. The third-order valence-corrected chi connectivity index (χ3v) is 5.98. The Bertz CT molecular complexity index is 1270. The Morgan fingerprint density at radius 1 is 1.21 bits per heavy atom. The van der Waals surface area contributed by atoms with Crippen LogP contribution in [-0.4, -0.2) is 33.2 Å². The predicted molar refractivity (Wildman–Crippen MR) is 126 cm³/mol. The molecule has 3 aromatic rings. The fraction of sp³-hybridized carbons (Fsp3) is 0.320. The van der Waals surface area contributed by atoms with Gasteiger partial charge in [0.2, 0.25) is 5.95 Å². The summed E-state index contributed by atoms with van der Waals surface area (Å²) in [5, 5.41) is 35.4. The Kier molecular flexibility index (Phi) is 6.21. The smallest absolute Gasteiger partial charge is 0.227 e. The van der Waals surface area contributed by atoms with E-state index in [1.165, 1.54) is 0 Å². The summed E-state index contributed by atoms with van der Waals surface area (Å²) in [6.45, 7) is 4.63. The number of hydrogen-bond donors (Lipinski definition) is 3. The Morgan fingerprint density at radius 3 is 2.79 bits per heavy atom. The molecular weight excluding hydrogens is 414 g/mol. The number of aliphatic hydroxyl groups excluding tert-OH is 1. The molecule has 1 atom stereocenters. The van der Waals surface area contributed by atoms with Crippen LogP contribution in [0.15, 0.2) is 36.7 Å². The van der Waals surface area contributed by atoms with Gasteiger partial charge in [0.05, 0.1) is 40.5 Å². The number of hydrogen-bond acceptors (Lipinski definition) is 8. The van der Waals surface area contributed by atoms with E-state index in [1.54, 1.807) is 30.6 Å². The van der Waals surface area contributed by atoms with Gasteiger partial charge in [-0.25, -0.2) is 9.97 Å². The summed E-state index contributed by atoms with van der Waals surface area (Å²) >= 11 is 0. The Balaban J connectivity index is 1.72. The van der Waals surface area contributed by atoms with Gasteiger partial charge in [-0.3, -0.25) is 4.98 Å². The van der Waals surface area contributed by atoms with Crippen LogP contribution in [0.2, 0.25) is 0 Å². The first-order valence-corrected chi connectivity index (χ1v) is 10.9. The van der Waals surface area contributed by atoms with E-state index in [2.05, 4.69) is 44.6 Å². The van der Waals surface area contributed by atoms with Gasteiger partial charge in [-0.2, -0.15) is 10.5 Å². The van der Waals surface area contributed by atoms with Crippen LogP contribution in [0.25, 0.3) is 11.3 Å². The minimum absolute atomic E-state index is 0.0271. The van der Waals surface area contributed by atoms with Gasteiger partial charge in [0, 0.05) is 29.9 Å². The molecule has 0 fully saturated rings. The highest BCUT2D eigenvalue weighted by atomic mass is 16.3. The molecule has 0 saturated heterocycles. The number of nitrogens with zero attached hydrogens (tertiary/aromatic N) is 5. The number of rotatable bonds is 7. The molecule has 1 aliphatic heterocycles. The Labute approximate surface area is 193 Å². The number of aryl methyl sites for hydroxylation is 1. The highest BCUT2D eigenvalue weighted by molar-refractivity contribution is 5.76. The summed E-state index contributed by atoms with van der Waals surface area (Å²) in [5.74, 6) is 0.379. The number of aromatic nitrogens is 3. The van der Waals surface area contributed by atoms with Gasteiger partial charge in [0.25, 0.3) is 0 Å². The van der Waals surface area contributed by atoms with Gasteiger partial charge in [-0.05, 0) is 42.7 Å². The van der Waals surface area contributed by atoms with Crippen LogP contribution in [0.3, 0.4) is 0 Å². The standard InChI is InChI=1S/C25H25N7O/c1-3-4-5-21-22(8-16(11-26)13-29-21)32-24-28-7-6-20(31-24)17-9-18(12-27)23-19(10-17)25(2,15-33)14-30-23/h6-10,13,30,33H,3-5,14-15H2,1-2H3,(H,28,31,32)/t25-/m1/s1. The van der Waals surface area contributed by atoms with Gasteiger partial charge in [-0.15, -0.1) is 0 Å². The monoisotopic (exact) mass is 439 g/mol. The van der Waals surface area contributed by atoms with Crippen molar-refractivity contribution in [3.63, 3.8) is 0 Å². The van der Waals surface area contributed by atoms with Crippen LogP contribution in [0.4, 0.5) is 17.3 Å². The predicted octanol–water partition coefficient (Wildman–Crippen LogP) is 4.04. The number of pyridine rings is 1. The number of anilines is 3. The maximum atomic E-state index is 9.95. The molecule has 4 rings (SSSR count). The molecule has 33 heavy (non-hydrogen) atoms. The normalized spacial score (nSPS) is 16.4. The first-order valence-electron chi connectivity index (χ1n) is 10.9. The van der Waals surface area contributed by atoms with Gasteiger partial charge in [-0.1, -0.05) is 20.3 Å². The van der Waals surface area contributed by atoms with Gasteiger partial charge in [0.15, 0.2) is 0 Å². The maximum absolute atomic E-state index is 9.95. The third-order valence-electron chi connectivity index (χ3n) is 5.98. The van der Waals surface area contributed by atoms with E-state index in [-0.39, 0.29) is 6.61 Å². The van der Waals surface area contributed by atoms with Crippen molar-refractivity contribution in [3.8, 4) is 23.4 Å². The summed E-state index contributed by atoms with van der Waals surface area (Å²) in [6, 6.07) is 11.7. The van der Waals surface area contributed by atoms with E-state index in [0.717, 1.165) is 41.8 Å². The lowest BCUT2D eigenvalue weighted by Crippen LogP contribution is -2.28. The number of fused-ring (bicyclic) bond motifs is 1. The molecule has 1 aliphatic rings. The third kappa shape index (κ3) is 4.34. The van der Waals surface area contributed by atoms with Crippen LogP contribution in [-0.2, 0) is 11.8 Å². The fourth-order valence-electron chi connectivity index (χ4n) is 3.97. The van der Waals surface area contributed by atoms with Crippen LogP contribution in [0, 0.1) is 22.7 Å². The van der Waals surface area contributed by atoms with Crippen molar-refractivity contribution in [2.24, 2.45) is 0 Å². The molecule has 1 aromatic carbocycles. The van der Waals surface area contributed by atoms with Crippen molar-refractivity contribution in [2.45, 2.75) is 38.5 Å². The number of aliphatic hydroxyl groups is 1. The second kappa shape index (κ2) is 9.23. The zero-order valence-electron chi connectivity index (χ0n) is 18.7. The number of nitriles is 2. The first-order chi connectivity index (χ1) is 16.0. The van der Waals surface area contributed by atoms with E-state index in [9.17, 15) is 15.6 Å². The van der Waals surface area contributed by atoms with Gasteiger partial charge < -0.3 is 15.7 Å². The average molecular weight is 440 g/mol. The molecule has 8 heteroatoms. The highest BCUT2D eigenvalue weighted by Crippen LogP contribution is 2.41.